The first-order valence-corrected chi connectivity index (χ1v) is 6.83. The van der Waals surface area contributed by atoms with E-state index in [1.807, 2.05) is 0 Å². The van der Waals surface area contributed by atoms with Crippen molar-refractivity contribution in [3.8, 4) is 5.75 Å². The zero-order valence-corrected chi connectivity index (χ0v) is 11.9. The topological polar surface area (TPSA) is 55.6 Å². The van der Waals surface area contributed by atoms with Crippen LogP contribution in [0.15, 0.2) is 24.3 Å². The average Bonchev–Trinajstić information content (AvgIpc) is 2.87. The summed E-state index contributed by atoms with van der Waals surface area (Å²) in [6.07, 6.45) is 1.76. The Morgan fingerprint density at radius 3 is 2.79 bits per heavy atom. The third kappa shape index (κ3) is 3.58. The number of likely N-dealkylation sites (tertiary alicyclic amines) is 1. The summed E-state index contributed by atoms with van der Waals surface area (Å²) in [5.74, 6) is 0.522. The highest BCUT2D eigenvalue weighted by atomic mass is 35.5. The SMILES string of the molecule is NC(=S)C1CCCN1C(=O)COc1ccc(Cl)cc1. The van der Waals surface area contributed by atoms with Crippen LogP contribution in [-0.2, 0) is 4.79 Å². The van der Waals surface area contributed by atoms with Crippen molar-refractivity contribution in [2.75, 3.05) is 13.2 Å². The summed E-state index contributed by atoms with van der Waals surface area (Å²) in [5.41, 5.74) is 5.63. The summed E-state index contributed by atoms with van der Waals surface area (Å²) < 4.78 is 5.43. The van der Waals surface area contributed by atoms with E-state index in [0.29, 0.717) is 22.3 Å². The molecule has 6 heteroatoms. The maximum atomic E-state index is 12.1. The molecule has 1 heterocycles. The fourth-order valence-electron chi connectivity index (χ4n) is 2.12. The Balaban J connectivity index is 1.90. The molecule has 0 aromatic heterocycles. The van der Waals surface area contributed by atoms with Gasteiger partial charge in [0.05, 0.1) is 11.0 Å². The first kappa shape index (κ1) is 14.1. The average molecular weight is 299 g/mol. The zero-order chi connectivity index (χ0) is 13.8. The van der Waals surface area contributed by atoms with Crippen LogP contribution in [0.5, 0.6) is 5.75 Å². The van der Waals surface area contributed by atoms with E-state index in [2.05, 4.69) is 0 Å². The summed E-state index contributed by atoms with van der Waals surface area (Å²) >= 11 is 10.7. The van der Waals surface area contributed by atoms with Crippen LogP contribution < -0.4 is 10.5 Å². The molecule has 0 saturated carbocycles. The largest absolute Gasteiger partial charge is 0.484 e. The molecule has 4 nitrogen and oxygen atoms in total. The van der Waals surface area contributed by atoms with Gasteiger partial charge in [0.15, 0.2) is 6.61 Å². The van der Waals surface area contributed by atoms with Gasteiger partial charge >= 0.3 is 0 Å². The van der Waals surface area contributed by atoms with E-state index in [1.54, 1.807) is 29.2 Å². The van der Waals surface area contributed by atoms with Crippen molar-refractivity contribution in [1.82, 2.24) is 4.90 Å². The number of rotatable bonds is 4. The van der Waals surface area contributed by atoms with Gasteiger partial charge in [-0.1, -0.05) is 23.8 Å². The number of thiocarbonyl (C=S) groups is 1. The van der Waals surface area contributed by atoms with Gasteiger partial charge in [-0.15, -0.1) is 0 Å². The van der Waals surface area contributed by atoms with Gasteiger partial charge in [0.1, 0.15) is 5.75 Å². The minimum atomic E-state index is -0.128. The Bertz CT molecular complexity index is 478. The number of carbonyl (C=O) groups excluding carboxylic acids is 1. The summed E-state index contributed by atoms with van der Waals surface area (Å²) in [6, 6.07) is 6.76. The van der Waals surface area contributed by atoms with Crippen LogP contribution in [0.3, 0.4) is 0 Å². The van der Waals surface area contributed by atoms with Crippen LogP contribution in [-0.4, -0.2) is 35.0 Å². The lowest BCUT2D eigenvalue weighted by molar-refractivity contribution is -0.133. The Kier molecular flexibility index (Phi) is 4.61. The van der Waals surface area contributed by atoms with Gasteiger partial charge in [-0.05, 0) is 37.1 Å². The maximum absolute atomic E-state index is 12.1. The molecule has 1 aliphatic rings. The molecule has 1 atom stereocenters. The first-order valence-electron chi connectivity index (χ1n) is 6.05. The van der Waals surface area contributed by atoms with E-state index in [-0.39, 0.29) is 18.6 Å². The molecule has 1 fully saturated rings. The van der Waals surface area contributed by atoms with Gasteiger partial charge in [-0.25, -0.2) is 0 Å². The minimum absolute atomic E-state index is 0.0131. The van der Waals surface area contributed by atoms with Crippen molar-refractivity contribution in [3.05, 3.63) is 29.3 Å². The number of amides is 1. The molecule has 2 rings (SSSR count). The summed E-state index contributed by atoms with van der Waals surface area (Å²) in [7, 11) is 0. The van der Waals surface area contributed by atoms with Crippen LogP contribution in [0.2, 0.25) is 5.02 Å². The highest BCUT2D eigenvalue weighted by molar-refractivity contribution is 7.80. The lowest BCUT2D eigenvalue weighted by atomic mass is 10.2. The number of nitrogens with two attached hydrogens (primary N) is 1. The quantitative estimate of drug-likeness (QED) is 0.864. The molecular formula is C13H15ClN2O2S. The second-order valence-electron chi connectivity index (χ2n) is 4.39. The molecule has 19 heavy (non-hydrogen) atoms. The smallest absolute Gasteiger partial charge is 0.261 e. The van der Waals surface area contributed by atoms with E-state index in [9.17, 15) is 4.79 Å². The van der Waals surface area contributed by atoms with Gasteiger partial charge < -0.3 is 15.4 Å². The molecule has 1 aromatic carbocycles. The lowest BCUT2D eigenvalue weighted by Gasteiger charge is -2.23. The van der Waals surface area contributed by atoms with Crippen molar-refractivity contribution in [3.63, 3.8) is 0 Å². The highest BCUT2D eigenvalue weighted by Gasteiger charge is 2.30. The molecule has 1 amide bonds. The van der Waals surface area contributed by atoms with Crippen LogP contribution in [0.1, 0.15) is 12.8 Å². The first-order chi connectivity index (χ1) is 9.08. The highest BCUT2D eigenvalue weighted by Crippen LogP contribution is 2.19. The molecule has 102 valence electrons. The van der Waals surface area contributed by atoms with Crippen molar-refractivity contribution in [2.24, 2.45) is 5.73 Å². The van der Waals surface area contributed by atoms with Crippen LogP contribution in [0, 0.1) is 0 Å². The van der Waals surface area contributed by atoms with Gasteiger partial charge in [-0.3, -0.25) is 4.79 Å². The number of carbonyl (C=O) groups is 1. The Hall–Kier alpha value is -1.33. The maximum Gasteiger partial charge on any atom is 0.261 e. The number of nitrogens with zero attached hydrogens (tertiary/aromatic N) is 1. The van der Waals surface area contributed by atoms with E-state index < -0.39 is 0 Å². The number of hydrogen-bond acceptors (Lipinski definition) is 3. The standard InChI is InChI=1S/C13H15ClN2O2S/c14-9-3-5-10(6-4-9)18-8-12(17)16-7-1-2-11(16)13(15)19/h3-6,11H,1-2,7-8H2,(H2,15,19). The van der Waals surface area contributed by atoms with E-state index >= 15 is 0 Å². The number of ether oxygens (including phenoxy) is 1. The minimum Gasteiger partial charge on any atom is -0.484 e. The Morgan fingerprint density at radius 2 is 2.16 bits per heavy atom. The van der Waals surface area contributed by atoms with Crippen LogP contribution in [0.25, 0.3) is 0 Å². The van der Waals surface area contributed by atoms with Gasteiger partial charge in [0.2, 0.25) is 0 Å². The van der Waals surface area contributed by atoms with E-state index in [4.69, 9.17) is 34.3 Å². The fraction of sp³-hybridized carbons (Fsp3) is 0.385. The van der Waals surface area contributed by atoms with Crippen molar-refractivity contribution in [2.45, 2.75) is 18.9 Å². The third-order valence-corrected chi connectivity index (χ3v) is 3.60. The molecule has 0 aliphatic carbocycles. The summed E-state index contributed by atoms with van der Waals surface area (Å²) in [4.78, 5) is 14.1. The van der Waals surface area contributed by atoms with Crippen molar-refractivity contribution < 1.29 is 9.53 Å². The fourth-order valence-corrected chi connectivity index (χ4v) is 2.49. The molecular weight excluding hydrogens is 284 g/mol. The van der Waals surface area contributed by atoms with Gasteiger partial charge in [0.25, 0.3) is 5.91 Å². The molecule has 1 saturated heterocycles. The van der Waals surface area contributed by atoms with E-state index in [0.717, 1.165) is 12.8 Å². The third-order valence-electron chi connectivity index (χ3n) is 3.08. The van der Waals surface area contributed by atoms with Crippen molar-refractivity contribution >= 4 is 34.7 Å². The predicted molar refractivity (Wildman–Crippen MR) is 78.5 cm³/mol. The number of hydrogen-bond donors (Lipinski definition) is 1. The Morgan fingerprint density at radius 1 is 1.47 bits per heavy atom. The van der Waals surface area contributed by atoms with Crippen molar-refractivity contribution in [1.29, 1.82) is 0 Å². The number of benzene rings is 1. The molecule has 0 spiro atoms. The molecule has 1 aromatic rings. The second-order valence-corrected chi connectivity index (χ2v) is 5.30. The van der Waals surface area contributed by atoms with Gasteiger partial charge in [0, 0.05) is 11.6 Å². The normalized spacial score (nSPS) is 18.4. The predicted octanol–water partition coefficient (Wildman–Crippen LogP) is 2.00. The summed E-state index contributed by atoms with van der Waals surface area (Å²) in [6.45, 7) is 0.672. The second kappa shape index (κ2) is 6.21. The molecule has 1 aliphatic heterocycles. The Labute approximate surface area is 122 Å². The zero-order valence-electron chi connectivity index (χ0n) is 10.3. The lowest BCUT2D eigenvalue weighted by Crippen LogP contribution is -2.44. The van der Waals surface area contributed by atoms with E-state index in [1.165, 1.54) is 0 Å². The molecule has 0 bridgehead atoms. The van der Waals surface area contributed by atoms with Crippen LogP contribution >= 0.6 is 23.8 Å². The summed E-state index contributed by atoms with van der Waals surface area (Å²) in [5, 5.41) is 0.631. The molecule has 1 unspecified atom stereocenters. The van der Waals surface area contributed by atoms with Crippen LogP contribution in [0.4, 0.5) is 0 Å². The number of halogens is 1. The monoisotopic (exact) mass is 298 g/mol. The molecule has 0 radical (unpaired) electrons. The molecule has 2 N–H and O–H groups in total. The van der Waals surface area contributed by atoms with Gasteiger partial charge in [-0.2, -0.15) is 0 Å².